The van der Waals surface area contributed by atoms with Gasteiger partial charge in [-0.1, -0.05) is 6.07 Å². The quantitative estimate of drug-likeness (QED) is 0.828. The van der Waals surface area contributed by atoms with Gasteiger partial charge in [0, 0.05) is 37.5 Å². The fraction of sp³-hybridized carbons (Fsp3) is 0.571. The molecule has 3 rings (SSSR count). The number of morpholine rings is 1. The van der Waals surface area contributed by atoms with E-state index in [0.717, 1.165) is 49.3 Å². The molecule has 7 heteroatoms. The summed E-state index contributed by atoms with van der Waals surface area (Å²) in [5, 5.41) is 6.11. The zero-order chi connectivity index (χ0) is 14.5. The number of nitrogens with zero attached hydrogens (tertiary/aromatic N) is 2. The number of rotatable bonds is 4. The highest BCUT2D eigenvalue weighted by Crippen LogP contribution is 2.13. The van der Waals surface area contributed by atoms with Crippen molar-refractivity contribution in [3.05, 3.63) is 23.9 Å². The van der Waals surface area contributed by atoms with Gasteiger partial charge in [0.05, 0.1) is 19.3 Å². The van der Waals surface area contributed by atoms with Crippen molar-refractivity contribution < 1.29 is 9.53 Å². The molecular weight excluding hydrogens is 288 g/mol. The number of aromatic nitrogens is 1. The van der Waals surface area contributed by atoms with E-state index in [1.807, 2.05) is 18.3 Å². The highest BCUT2D eigenvalue weighted by atomic mass is 32.2. The van der Waals surface area contributed by atoms with Crippen LogP contribution in [0.1, 0.15) is 5.56 Å². The molecule has 1 unspecified atom stereocenters. The summed E-state index contributed by atoms with van der Waals surface area (Å²) >= 11 is 1.75. The second-order valence-corrected chi connectivity index (χ2v) is 6.14. The van der Waals surface area contributed by atoms with Crippen LogP contribution in [-0.4, -0.2) is 54.9 Å². The maximum absolute atomic E-state index is 11.9. The van der Waals surface area contributed by atoms with Gasteiger partial charge in [-0.15, -0.1) is 11.8 Å². The number of pyridine rings is 1. The van der Waals surface area contributed by atoms with Gasteiger partial charge in [-0.25, -0.2) is 4.98 Å². The van der Waals surface area contributed by atoms with Crippen LogP contribution in [-0.2, 0) is 16.1 Å². The van der Waals surface area contributed by atoms with Crippen molar-refractivity contribution in [2.24, 2.45) is 0 Å². The number of amides is 1. The molecule has 6 nitrogen and oxygen atoms in total. The molecule has 1 atom stereocenters. The molecule has 1 aromatic rings. The summed E-state index contributed by atoms with van der Waals surface area (Å²) < 4.78 is 5.33. The average molecular weight is 308 g/mol. The Morgan fingerprint density at radius 1 is 1.48 bits per heavy atom. The molecule has 2 N–H and O–H groups in total. The number of ether oxygens (including phenoxy) is 1. The number of thioether (sulfide) groups is 1. The fourth-order valence-corrected chi connectivity index (χ4v) is 3.32. The van der Waals surface area contributed by atoms with Crippen LogP contribution < -0.4 is 15.5 Å². The molecule has 2 aliphatic heterocycles. The Kier molecular flexibility index (Phi) is 4.95. The minimum absolute atomic E-state index is 0.0596. The summed E-state index contributed by atoms with van der Waals surface area (Å²) in [4.78, 5) is 18.6. The third-order valence-electron chi connectivity index (χ3n) is 3.64. The molecule has 0 bridgehead atoms. The first-order chi connectivity index (χ1) is 10.3. The van der Waals surface area contributed by atoms with Crippen LogP contribution in [0.15, 0.2) is 18.3 Å². The van der Waals surface area contributed by atoms with E-state index in [4.69, 9.17) is 4.74 Å². The number of hydrogen-bond acceptors (Lipinski definition) is 6. The lowest BCUT2D eigenvalue weighted by Gasteiger charge is -2.27. The van der Waals surface area contributed by atoms with Crippen molar-refractivity contribution in [1.82, 2.24) is 15.6 Å². The monoisotopic (exact) mass is 308 g/mol. The molecule has 21 heavy (non-hydrogen) atoms. The predicted octanol–water partition coefficient (Wildman–Crippen LogP) is 0.197. The van der Waals surface area contributed by atoms with Gasteiger partial charge in [0.1, 0.15) is 5.82 Å². The standard InChI is InChI=1S/C14H20N4O2S/c19-14(12-9-21-10-17-12)16-8-11-1-2-13(15-7-11)18-3-5-20-6-4-18/h1-2,7,12,17H,3-6,8-10H2,(H,16,19). The van der Waals surface area contributed by atoms with Gasteiger partial charge in [0.15, 0.2) is 0 Å². The number of hydrogen-bond donors (Lipinski definition) is 2. The molecule has 0 saturated carbocycles. The first-order valence-electron chi connectivity index (χ1n) is 7.19. The van der Waals surface area contributed by atoms with Crippen LogP contribution in [0.2, 0.25) is 0 Å². The maximum atomic E-state index is 11.9. The van der Waals surface area contributed by atoms with Crippen LogP contribution in [0, 0.1) is 0 Å². The van der Waals surface area contributed by atoms with Gasteiger partial charge in [0.2, 0.25) is 5.91 Å². The summed E-state index contributed by atoms with van der Waals surface area (Å²) in [6.45, 7) is 3.80. The van der Waals surface area contributed by atoms with E-state index in [1.54, 1.807) is 11.8 Å². The molecule has 0 radical (unpaired) electrons. The Hall–Kier alpha value is -1.31. The molecule has 0 spiro atoms. The molecule has 0 aromatic carbocycles. The van der Waals surface area contributed by atoms with Crippen molar-refractivity contribution in [3.8, 4) is 0 Å². The zero-order valence-corrected chi connectivity index (χ0v) is 12.7. The first-order valence-corrected chi connectivity index (χ1v) is 8.35. The summed E-state index contributed by atoms with van der Waals surface area (Å²) in [5.41, 5.74) is 1.02. The Balaban J connectivity index is 1.50. The van der Waals surface area contributed by atoms with Crippen molar-refractivity contribution in [1.29, 1.82) is 0 Å². The molecule has 2 aliphatic rings. The number of anilines is 1. The molecule has 2 fully saturated rings. The van der Waals surface area contributed by atoms with Gasteiger partial charge >= 0.3 is 0 Å². The van der Waals surface area contributed by atoms with Gasteiger partial charge < -0.3 is 15.0 Å². The van der Waals surface area contributed by atoms with Crippen molar-refractivity contribution in [3.63, 3.8) is 0 Å². The van der Waals surface area contributed by atoms with E-state index in [2.05, 4.69) is 20.5 Å². The van der Waals surface area contributed by atoms with E-state index in [0.29, 0.717) is 6.54 Å². The summed E-state index contributed by atoms with van der Waals surface area (Å²) in [7, 11) is 0. The Morgan fingerprint density at radius 2 is 2.33 bits per heavy atom. The molecule has 0 aliphatic carbocycles. The zero-order valence-electron chi connectivity index (χ0n) is 11.9. The summed E-state index contributed by atoms with van der Waals surface area (Å²) in [5.74, 6) is 2.74. The minimum atomic E-state index is -0.0596. The van der Waals surface area contributed by atoms with E-state index in [9.17, 15) is 4.79 Å². The van der Waals surface area contributed by atoms with Gasteiger partial charge in [0.25, 0.3) is 0 Å². The van der Waals surface area contributed by atoms with E-state index >= 15 is 0 Å². The third kappa shape index (κ3) is 3.87. The van der Waals surface area contributed by atoms with Crippen LogP contribution in [0.25, 0.3) is 0 Å². The number of carbonyl (C=O) groups is 1. The van der Waals surface area contributed by atoms with Crippen LogP contribution >= 0.6 is 11.8 Å². The lowest BCUT2D eigenvalue weighted by Crippen LogP contribution is -2.41. The topological polar surface area (TPSA) is 66.5 Å². The average Bonchev–Trinajstić information content (AvgIpc) is 3.08. The Bertz CT molecular complexity index is 470. The van der Waals surface area contributed by atoms with E-state index in [1.165, 1.54) is 0 Å². The van der Waals surface area contributed by atoms with Gasteiger partial charge in [-0.3, -0.25) is 10.1 Å². The van der Waals surface area contributed by atoms with Crippen molar-refractivity contribution in [2.45, 2.75) is 12.6 Å². The normalized spacial score (nSPS) is 22.3. The molecule has 1 aromatic heterocycles. The molecule has 1 amide bonds. The van der Waals surface area contributed by atoms with Gasteiger partial charge in [-0.05, 0) is 11.6 Å². The van der Waals surface area contributed by atoms with Crippen LogP contribution in [0.3, 0.4) is 0 Å². The lowest BCUT2D eigenvalue weighted by atomic mass is 10.2. The second-order valence-electron chi connectivity index (χ2n) is 5.11. The SMILES string of the molecule is O=C(NCc1ccc(N2CCOCC2)nc1)C1CSCN1. The van der Waals surface area contributed by atoms with Gasteiger partial charge in [-0.2, -0.15) is 0 Å². The Morgan fingerprint density at radius 3 is 3.00 bits per heavy atom. The van der Waals surface area contributed by atoms with Crippen molar-refractivity contribution in [2.75, 3.05) is 42.8 Å². The van der Waals surface area contributed by atoms with Crippen LogP contribution in [0.5, 0.6) is 0 Å². The predicted molar refractivity (Wildman–Crippen MR) is 83.4 cm³/mol. The summed E-state index contributed by atoms with van der Waals surface area (Å²) in [6, 6.07) is 3.97. The molecular formula is C14H20N4O2S. The molecule has 114 valence electrons. The number of nitrogens with one attached hydrogen (secondary N) is 2. The largest absolute Gasteiger partial charge is 0.378 e. The highest BCUT2D eigenvalue weighted by Gasteiger charge is 2.21. The van der Waals surface area contributed by atoms with E-state index < -0.39 is 0 Å². The fourth-order valence-electron chi connectivity index (χ4n) is 2.38. The summed E-state index contributed by atoms with van der Waals surface area (Å²) in [6.07, 6.45) is 1.84. The maximum Gasteiger partial charge on any atom is 0.238 e. The molecule has 3 heterocycles. The first kappa shape index (κ1) is 14.6. The Labute approximate surface area is 128 Å². The van der Waals surface area contributed by atoms with Crippen molar-refractivity contribution >= 4 is 23.5 Å². The highest BCUT2D eigenvalue weighted by molar-refractivity contribution is 7.99. The molecule has 2 saturated heterocycles. The minimum Gasteiger partial charge on any atom is -0.378 e. The second kappa shape index (κ2) is 7.11. The number of carbonyl (C=O) groups excluding carboxylic acids is 1. The van der Waals surface area contributed by atoms with Crippen LogP contribution in [0.4, 0.5) is 5.82 Å². The third-order valence-corrected chi connectivity index (χ3v) is 4.58. The smallest absolute Gasteiger partial charge is 0.238 e. The lowest BCUT2D eigenvalue weighted by molar-refractivity contribution is -0.122. The van der Waals surface area contributed by atoms with E-state index in [-0.39, 0.29) is 11.9 Å².